The number of methoxy groups -OCH3 is 1. The summed E-state index contributed by atoms with van der Waals surface area (Å²) in [6.45, 7) is 2.62. The molecule has 0 aliphatic heterocycles. The molecule has 146 valence electrons. The van der Waals surface area contributed by atoms with Crippen LogP contribution in [0.4, 0.5) is 5.69 Å². The Morgan fingerprint density at radius 2 is 1.78 bits per heavy atom. The van der Waals surface area contributed by atoms with Crippen LogP contribution in [-0.4, -0.2) is 46.4 Å². The standard InChI is InChI=1S/C19H24N2O5S/c1-5-12-26-15-8-6-14(7-9-15)19(22)20-17-13-16(10-11-18(17)25-4)27(23,24)21(2)3/h6-11,13H,5,12H2,1-4H3,(H,20,22). The highest BCUT2D eigenvalue weighted by atomic mass is 32.2. The van der Waals surface area contributed by atoms with Crippen LogP contribution < -0.4 is 14.8 Å². The number of ether oxygens (including phenoxy) is 2. The molecule has 2 aromatic carbocycles. The fourth-order valence-electron chi connectivity index (χ4n) is 2.27. The maximum atomic E-state index is 12.5. The van der Waals surface area contributed by atoms with Gasteiger partial charge in [-0.15, -0.1) is 0 Å². The number of hydrogen-bond donors (Lipinski definition) is 1. The molecule has 0 atom stereocenters. The molecule has 0 bridgehead atoms. The lowest BCUT2D eigenvalue weighted by atomic mass is 10.2. The zero-order valence-electron chi connectivity index (χ0n) is 15.9. The largest absolute Gasteiger partial charge is 0.495 e. The fourth-order valence-corrected chi connectivity index (χ4v) is 3.20. The molecule has 8 heteroatoms. The number of hydrogen-bond acceptors (Lipinski definition) is 5. The van der Waals surface area contributed by atoms with Gasteiger partial charge in [0.1, 0.15) is 11.5 Å². The third kappa shape index (κ3) is 4.99. The van der Waals surface area contributed by atoms with E-state index >= 15 is 0 Å². The summed E-state index contributed by atoms with van der Waals surface area (Å²) in [5, 5.41) is 2.70. The first kappa shape index (κ1) is 20.7. The average molecular weight is 392 g/mol. The number of amides is 1. The van der Waals surface area contributed by atoms with E-state index in [9.17, 15) is 13.2 Å². The Morgan fingerprint density at radius 1 is 1.11 bits per heavy atom. The van der Waals surface area contributed by atoms with Gasteiger partial charge in [0.2, 0.25) is 10.0 Å². The molecular formula is C19H24N2O5S. The molecule has 0 unspecified atom stereocenters. The van der Waals surface area contributed by atoms with E-state index in [1.54, 1.807) is 24.3 Å². The van der Waals surface area contributed by atoms with E-state index < -0.39 is 10.0 Å². The van der Waals surface area contributed by atoms with Gasteiger partial charge in [-0.3, -0.25) is 4.79 Å². The first-order chi connectivity index (χ1) is 12.8. The van der Waals surface area contributed by atoms with Crippen molar-refractivity contribution < 1.29 is 22.7 Å². The second-order valence-corrected chi connectivity index (χ2v) is 8.13. The number of carbonyl (C=O) groups is 1. The van der Waals surface area contributed by atoms with E-state index in [2.05, 4.69) is 5.32 Å². The topological polar surface area (TPSA) is 84.9 Å². The van der Waals surface area contributed by atoms with E-state index in [1.165, 1.54) is 39.4 Å². The van der Waals surface area contributed by atoms with Crippen molar-refractivity contribution in [3.63, 3.8) is 0 Å². The molecule has 0 radical (unpaired) electrons. The van der Waals surface area contributed by atoms with Gasteiger partial charge in [-0.1, -0.05) is 6.92 Å². The molecule has 0 saturated carbocycles. The van der Waals surface area contributed by atoms with Gasteiger partial charge in [-0.25, -0.2) is 12.7 Å². The molecule has 7 nitrogen and oxygen atoms in total. The van der Waals surface area contributed by atoms with Crippen molar-refractivity contribution in [1.29, 1.82) is 0 Å². The predicted molar refractivity (Wildman–Crippen MR) is 104 cm³/mol. The number of nitrogens with one attached hydrogen (secondary N) is 1. The van der Waals surface area contributed by atoms with Crippen LogP contribution >= 0.6 is 0 Å². The molecule has 0 saturated heterocycles. The predicted octanol–water partition coefficient (Wildman–Crippen LogP) is 2.99. The van der Waals surface area contributed by atoms with Crippen molar-refractivity contribution in [3.05, 3.63) is 48.0 Å². The molecule has 0 spiro atoms. The van der Waals surface area contributed by atoms with Gasteiger partial charge in [0, 0.05) is 19.7 Å². The summed E-state index contributed by atoms with van der Waals surface area (Å²) >= 11 is 0. The summed E-state index contributed by atoms with van der Waals surface area (Å²) in [7, 11) is 0.709. The Kier molecular flexibility index (Phi) is 6.81. The molecule has 2 rings (SSSR count). The first-order valence-electron chi connectivity index (χ1n) is 8.44. The third-order valence-corrected chi connectivity index (χ3v) is 5.60. The molecule has 2 aromatic rings. The van der Waals surface area contributed by atoms with Crippen LogP contribution in [0.25, 0.3) is 0 Å². The Hall–Kier alpha value is -2.58. The monoisotopic (exact) mass is 392 g/mol. The van der Waals surface area contributed by atoms with Crippen LogP contribution in [-0.2, 0) is 10.0 Å². The van der Waals surface area contributed by atoms with Gasteiger partial charge in [-0.2, -0.15) is 0 Å². The van der Waals surface area contributed by atoms with E-state index in [1.807, 2.05) is 6.92 Å². The SMILES string of the molecule is CCCOc1ccc(C(=O)Nc2cc(S(=O)(=O)N(C)C)ccc2OC)cc1. The minimum atomic E-state index is -3.63. The lowest BCUT2D eigenvalue weighted by molar-refractivity contribution is 0.102. The molecule has 0 aliphatic rings. The Labute approximate surface area is 160 Å². The highest BCUT2D eigenvalue weighted by Crippen LogP contribution is 2.29. The number of nitrogens with zero attached hydrogens (tertiary/aromatic N) is 1. The van der Waals surface area contributed by atoms with Crippen molar-refractivity contribution in [2.75, 3.05) is 33.1 Å². The molecule has 0 fully saturated rings. The minimum Gasteiger partial charge on any atom is -0.495 e. The van der Waals surface area contributed by atoms with Crippen LogP contribution in [0.2, 0.25) is 0 Å². The zero-order chi connectivity index (χ0) is 20.0. The van der Waals surface area contributed by atoms with E-state index in [0.29, 0.717) is 23.7 Å². The van der Waals surface area contributed by atoms with Crippen molar-refractivity contribution in [3.8, 4) is 11.5 Å². The number of sulfonamides is 1. The van der Waals surface area contributed by atoms with Gasteiger partial charge < -0.3 is 14.8 Å². The van der Waals surface area contributed by atoms with Gasteiger partial charge in [0.25, 0.3) is 5.91 Å². The summed E-state index contributed by atoms with van der Waals surface area (Å²) in [6.07, 6.45) is 0.897. The Bertz CT molecular complexity index is 893. The smallest absolute Gasteiger partial charge is 0.255 e. The molecular weight excluding hydrogens is 368 g/mol. The van der Waals surface area contributed by atoms with Gasteiger partial charge in [0.15, 0.2) is 0 Å². The quantitative estimate of drug-likeness (QED) is 0.746. The number of anilines is 1. The normalized spacial score (nSPS) is 11.3. The van der Waals surface area contributed by atoms with Gasteiger partial charge >= 0.3 is 0 Å². The molecule has 0 aliphatic carbocycles. The van der Waals surface area contributed by atoms with Crippen LogP contribution in [0.15, 0.2) is 47.4 Å². The summed E-state index contributed by atoms with van der Waals surface area (Å²) in [5.41, 5.74) is 0.693. The lowest BCUT2D eigenvalue weighted by Gasteiger charge is -2.15. The summed E-state index contributed by atoms with van der Waals surface area (Å²) in [4.78, 5) is 12.6. The number of carbonyl (C=O) groups excluding carboxylic acids is 1. The minimum absolute atomic E-state index is 0.0620. The average Bonchev–Trinajstić information content (AvgIpc) is 2.66. The zero-order valence-corrected chi connectivity index (χ0v) is 16.7. The first-order valence-corrected chi connectivity index (χ1v) is 9.88. The van der Waals surface area contributed by atoms with Crippen molar-refractivity contribution in [1.82, 2.24) is 4.31 Å². The van der Waals surface area contributed by atoms with Crippen LogP contribution in [0.3, 0.4) is 0 Å². The van der Waals surface area contributed by atoms with Crippen LogP contribution in [0, 0.1) is 0 Å². The van der Waals surface area contributed by atoms with Gasteiger partial charge in [0.05, 0.1) is 24.3 Å². The summed E-state index contributed by atoms with van der Waals surface area (Å²) in [6, 6.07) is 11.0. The van der Waals surface area contributed by atoms with Gasteiger partial charge in [-0.05, 0) is 48.9 Å². The van der Waals surface area contributed by atoms with Crippen molar-refractivity contribution in [2.24, 2.45) is 0 Å². The summed E-state index contributed by atoms with van der Waals surface area (Å²) < 4.78 is 36.5. The van der Waals surface area contributed by atoms with Crippen LogP contribution in [0.5, 0.6) is 11.5 Å². The highest BCUT2D eigenvalue weighted by Gasteiger charge is 2.20. The fraction of sp³-hybridized carbons (Fsp3) is 0.316. The van der Waals surface area contributed by atoms with E-state index in [0.717, 1.165) is 10.7 Å². The Morgan fingerprint density at radius 3 is 2.33 bits per heavy atom. The number of rotatable bonds is 8. The maximum Gasteiger partial charge on any atom is 0.255 e. The van der Waals surface area contributed by atoms with Crippen molar-refractivity contribution in [2.45, 2.75) is 18.2 Å². The van der Waals surface area contributed by atoms with E-state index in [4.69, 9.17) is 9.47 Å². The second kappa shape index (κ2) is 8.88. The molecule has 0 aromatic heterocycles. The number of benzene rings is 2. The third-order valence-electron chi connectivity index (χ3n) is 3.79. The molecule has 1 amide bonds. The molecule has 0 heterocycles. The van der Waals surface area contributed by atoms with Crippen LogP contribution in [0.1, 0.15) is 23.7 Å². The second-order valence-electron chi connectivity index (χ2n) is 5.98. The van der Waals surface area contributed by atoms with Crippen molar-refractivity contribution >= 4 is 21.6 Å². The molecule has 27 heavy (non-hydrogen) atoms. The molecule has 1 N–H and O–H groups in total. The highest BCUT2D eigenvalue weighted by molar-refractivity contribution is 7.89. The lowest BCUT2D eigenvalue weighted by Crippen LogP contribution is -2.22. The Balaban J connectivity index is 2.26. The van der Waals surface area contributed by atoms with E-state index in [-0.39, 0.29) is 16.5 Å². The maximum absolute atomic E-state index is 12.5. The summed E-state index contributed by atoms with van der Waals surface area (Å²) in [5.74, 6) is 0.670.